The molecule has 1 aromatic carbocycles. The van der Waals surface area contributed by atoms with E-state index in [9.17, 15) is 14.6 Å². The number of aliphatic hydroxyl groups excluding tert-OH is 2. The van der Waals surface area contributed by atoms with Gasteiger partial charge >= 0.3 is 0 Å². The molecule has 5 heteroatoms. The van der Waals surface area contributed by atoms with Gasteiger partial charge in [0.15, 0.2) is 0 Å². The average Bonchev–Trinajstić information content (AvgIpc) is 2.61. The Morgan fingerprint density at radius 2 is 1.94 bits per heavy atom. The topological polar surface area (TPSA) is 69.7 Å². The minimum absolute atomic E-state index is 0.172. The molecule has 1 aliphatic heterocycles. The molecule has 1 aliphatic rings. The third kappa shape index (κ3) is 2.81. The van der Waals surface area contributed by atoms with Gasteiger partial charge in [0.05, 0.1) is 12.2 Å². The van der Waals surface area contributed by atoms with Crippen LogP contribution in [0.1, 0.15) is 11.1 Å². The van der Waals surface area contributed by atoms with Crippen LogP contribution in [0, 0.1) is 5.82 Å². The fourth-order valence-electron chi connectivity index (χ4n) is 2.12. The van der Waals surface area contributed by atoms with Crippen LogP contribution < -0.4 is 5.73 Å². The summed E-state index contributed by atoms with van der Waals surface area (Å²) < 4.78 is 13.2. The van der Waals surface area contributed by atoms with Crippen molar-refractivity contribution in [2.75, 3.05) is 13.1 Å². The third-order valence-electron chi connectivity index (χ3n) is 3.07. The van der Waals surface area contributed by atoms with Crippen molar-refractivity contribution in [3.63, 3.8) is 0 Å². The highest BCUT2D eigenvalue weighted by atomic mass is 19.1. The first kappa shape index (κ1) is 12.4. The van der Waals surface area contributed by atoms with Crippen LogP contribution in [0.4, 0.5) is 4.39 Å². The first-order valence-electron chi connectivity index (χ1n) is 5.66. The summed E-state index contributed by atoms with van der Waals surface area (Å²) in [6, 6.07) is 4.83. The number of benzene rings is 1. The molecular weight excluding hydrogens is 223 g/mol. The molecule has 0 amide bonds. The molecule has 1 aromatic rings. The molecule has 2 unspecified atom stereocenters. The molecule has 0 spiro atoms. The third-order valence-corrected chi connectivity index (χ3v) is 3.07. The zero-order valence-corrected chi connectivity index (χ0v) is 9.51. The Morgan fingerprint density at radius 1 is 1.29 bits per heavy atom. The number of nitrogens with zero attached hydrogens (tertiary/aromatic N) is 1. The van der Waals surface area contributed by atoms with Gasteiger partial charge in [-0.3, -0.25) is 4.90 Å². The summed E-state index contributed by atoms with van der Waals surface area (Å²) >= 11 is 0. The molecule has 0 aromatic heterocycles. The summed E-state index contributed by atoms with van der Waals surface area (Å²) in [6.07, 6.45) is -1.38. The van der Waals surface area contributed by atoms with Gasteiger partial charge in [0.25, 0.3) is 0 Å². The fraction of sp³-hybridized carbons (Fsp3) is 0.500. The predicted molar refractivity (Wildman–Crippen MR) is 61.6 cm³/mol. The number of β-amino-alcohol motifs (C(OH)–C–C–N with tert-alkyl or cyclic N) is 2. The van der Waals surface area contributed by atoms with E-state index in [2.05, 4.69) is 0 Å². The molecule has 17 heavy (non-hydrogen) atoms. The Bertz CT molecular complexity index is 390. The minimum Gasteiger partial charge on any atom is -0.389 e. The zero-order valence-electron chi connectivity index (χ0n) is 9.51. The van der Waals surface area contributed by atoms with Gasteiger partial charge in [-0.2, -0.15) is 0 Å². The molecular formula is C12H17FN2O2. The highest BCUT2D eigenvalue weighted by Gasteiger charge is 2.29. The Balaban J connectivity index is 2.04. The summed E-state index contributed by atoms with van der Waals surface area (Å²) in [5.74, 6) is -0.294. The fourth-order valence-corrected chi connectivity index (χ4v) is 2.12. The second-order valence-electron chi connectivity index (χ2n) is 4.46. The Labute approximate surface area is 99.5 Å². The molecule has 1 saturated heterocycles. The van der Waals surface area contributed by atoms with Gasteiger partial charge in [-0.25, -0.2) is 4.39 Å². The minimum atomic E-state index is -0.690. The number of nitrogens with two attached hydrogens (primary N) is 1. The zero-order chi connectivity index (χ0) is 12.4. The number of rotatable bonds is 3. The van der Waals surface area contributed by atoms with E-state index in [-0.39, 0.29) is 12.4 Å². The molecule has 0 saturated carbocycles. The summed E-state index contributed by atoms with van der Waals surface area (Å²) in [7, 11) is 0. The second kappa shape index (κ2) is 5.10. The van der Waals surface area contributed by atoms with Crippen LogP contribution in [0.5, 0.6) is 0 Å². The Hall–Kier alpha value is -1.01. The summed E-state index contributed by atoms with van der Waals surface area (Å²) in [4.78, 5) is 1.93. The predicted octanol–water partition coefficient (Wildman–Crippen LogP) is -0.178. The average molecular weight is 240 g/mol. The second-order valence-corrected chi connectivity index (χ2v) is 4.46. The molecule has 1 fully saturated rings. The Morgan fingerprint density at radius 3 is 2.53 bits per heavy atom. The quantitative estimate of drug-likeness (QED) is 0.685. The van der Waals surface area contributed by atoms with Crippen molar-refractivity contribution in [3.8, 4) is 0 Å². The lowest BCUT2D eigenvalue weighted by Gasteiger charge is -2.15. The SMILES string of the molecule is NCc1cc(CN2CC(O)C(O)C2)ccc1F. The molecule has 1 heterocycles. The molecule has 2 rings (SSSR count). The maximum Gasteiger partial charge on any atom is 0.127 e. The van der Waals surface area contributed by atoms with Crippen LogP contribution in [0.3, 0.4) is 0 Å². The summed E-state index contributed by atoms with van der Waals surface area (Å²) in [5.41, 5.74) is 6.87. The van der Waals surface area contributed by atoms with E-state index in [1.807, 2.05) is 4.90 Å². The van der Waals surface area contributed by atoms with Gasteiger partial charge < -0.3 is 15.9 Å². The van der Waals surface area contributed by atoms with Crippen LogP contribution in [-0.4, -0.2) is 40.4 Å². The van der Waals surface area contributed by atoms with Crippen molar-refractivity contribution in [2.24, 2.45) is 5.73 Å². The molecule has 0 bridgehead atoms. The standard InChI is InChI=1S/C12H17FN2O2/c13-10-2-1-8(3-9(10)4-14)5-15-6-11(16)12(17)7-15/h1-3,11-12,16-17H,4-7,14H2. The molecule has 0 radical (unpaired) electrons. The summed E-state index contributed by atoms with van der Waals surface area (Å²) in [6.45, 7) is 1.64. The van der Waals surface area contributed by atoms with Gasteiger partial charge in [-0.05, 0) is 11.6 Å². The number of hydrogen-bond donors (Lipinski definition) is 3. The lowest BCUT2D eigenvalue weighted by atomic mass is 10.1. The first-order chi connectivity index (χ1) is 8.10. The normalized spacial score (nSPS) is 25.4. The van der Waals surface area contributed by atoms with E-state index in [1.165, 1.54) is 6.07 Å². The van der Waals surface area contributed by atoms with Crippen molar-refractivity contribution in [1.82, 2.24) is 4.90 Å². The van der Waals surface area contributed by atoms with Crippen molar-refractivity contribution < 1.29 is 14.6 Å². The molecule has 0 aliphatic carbocycles. The van der Waals surface area contributed by atoms with Crippen LogP contribution in [0.15, 0.2) is 18.2 Å². The van der Waals surface area contributed by atoms with E-state index in [1.54, 1.807) is 12.1 Å². The van der Waals surface area contributed by atoms with Crippen molar-refractivity contribution in [3.05, 3.63) is 35.1 Å². The monoisotopic (exact) mass is 240 g/mol. The van der Waals surface area contributed by atoms with Gasteiger partial charge in [-0.15, -0.1) is 0 Å². The van der Waals surface area contributed by atoms with E-state index in [4.69, 9.17) is 5.73 Å². The first-order valence-corrected chi connectivity index (χ1v) is 5.66. The van der Waals surface area contributed by atoms with E-state index in [0.29, 0.717) is 25.2 Å². The lowest BCUT2D eigenvalue weighted by Crippen LogP contribution is -2.22. The largest absolute Gasteiger partial charge is 0.389 e. The molecule has 2 atom stereocenters. The molecule has 94 valence electrons. The number of likely N-dealkylation sites (tertiary alicyclic amines) is 1. The highest BCUT2D eigenvalue weighted by molar-refractivity contribution is 5.25. The maximum atomic E-state index is 13.2. The van der Waals surface area contributed by atoms with Crippen molar-refractivity contribution >= 4 is 0 Å². The van der Waals surface area contributed by atoms with Gasteiger partial charge in [0.2, 0.25) is 0 Å². The van der Waals surface area contributed by atoms with E-state index < -0.39 is 12.2 Å². The van der Waals surface area contributed by atoms with E-state index >= 15 is 0 Å². The lowest BCUT2D eigenvalue weighted by molar-refractivity contribution is 0.0572. The summed E-state index contributed by atoms with van der Waals surface area (Å²) in [5, 5.41) is 18.8. The van der Waals surface area contributed by atoms with Gasteiger partial charge in [0.1, 0.15) is 5.82 Å². The smallest absolute Gasteiger partial charge is 0.127 e. The number of halogens is 1. The van der Waals surface area contributed by atoms with Crippen LogP contribution >= 0.6 is 0 Å². The van der Waals surface area contributed by atoms with E-state index in [0.717, 1.165) is 5.56 Å². The van der Waals surface area contributed by atoms with Gasteiger partial charge in [0, 0.05) is 31.7 Å². The number of aliphatic hydroxyl groups is 2. The van der Waals surface area contributed by atoms with Crippen LogP contribution in [0.2, 0.25) is 0 Å². The van der Waals surface area contributed by atoms with Crippen molar-refractivity contribution in [1.29, 1.82) is 0 Å². The molecule has 4 N–H and O–H groups in total. The molecule has 4 nitrogen and oxygen atoms in total. The highest BCUT2D eigenvalue weighted by Crippen LogP contribution is 2.16. The van der Waals surface area contributed by atoms with Crippen LogP contribution in [0.25, 0.3) is 0 Å². The van der Waals surface area contributed by atoms with Crippen molar-refractivity contribution in [2.45, 2.75) is 25.3 Å². The van der Waals surface area contributed by atoms with Crippen LogP contribution in [-0.2, 0) is 13.1 Å². The Kier molecular flexibility index (Phi) is 3.73. The maximum absolute atomic E-state index is 13.2. The number of hydrogen-bond acceptors (Lipinski definition) is 4. The van der Waals surface area contributed by atoms with Gasteiger partial charge in [-0.1, -0.05) is 12.1 Å².